The molecule has 0 aliphatic heterocycles. The predicted molar refractivity (Wildman–Crippen MR) is 78.9 cm³/mol. The maximum absolute atomic E-state index is 12.6. The maximum atomic E-state index is 12.6. The van der Waals surface area contributed by atoms with Gasteiger partial charge in [-0.2, -0.15) is 13.2 Å². The van der Waals surface area contributed by atoms with Gasteiger partial charge in [0.15, 0.2) is 0 Å². The number of hydrogen-bond donors (Lipinski definition) is 1. The zero-order valence-corrected chi connectivity index (χ0v) is 13.1. The summed E-state index contributed by atoms with van der Waals surface area (Å²) in [7, 11) is 0. The fourth-order valence-corrected chi connectivity index (χ4v) is 1.83. The van der Waals surface area contributed by atoms with E-state index in [0.717, 1.165) is 37.5 Å². The summed E-state index contributed by atoms with van der Waals surface area (Å²) in [5.74, 6) is -1.37. The Labute approximate surface area is 133 Å². The van der Waals surface area contributed by atoms with Crippen molar-refractivity contribution >= 4 is 11.9 Å². The summed E-state index contributed by atoms with van der Waals surface area (Å²) < 4.78 is 42.8. The molecular formula is C16H20F3NO3. The number of alkyl halides is 3. The zero-order chi connectivity index (χ0) is 17.5. The molecule has 0 aromatic heterocycles. The van der Waals surface area contributed by atoms with Crippen molar-refractivity contribution in [1.29, 1.82) is 0 Å². The fraction of sp³-hybridized carbons (Fsp3) is 0.500. The molecule has 0 aliphatic rings. The molecule has 1 atom stereocenters. The molecule has 0 fully saturated rings. The number of halogens is 3. The quantitative estimate of drug-likeness (QED) is 0.614. The van der Waals surface area contributed by atoms with Crippen LogP contribution in [0.1, 0.15) is 49.0 Å². The molecule has 128 valence electrons. The Balaban J connectivity index is 2.60. The van der Waals surface area contributed by atoms with E-state index in [4.69, 9.17) is 4.74 Å². The van der Waals surface area contributed by atoms with E-state index >= 15 is 0 Å². The van der Waals surface area contributed by atoms with Gasteiger partial charge in [-0.25, -0.2) is 4.79 Å². The average Bonchev–Trinajstić information content (AvgIpc) is 2.50. The standard InChI is InChI=1S/C16H20F3NO3/c1-3-4-5-9-23-15(22)11(2)20-14(21)12-7-6-8-13(10-12)16(17,18)19/h6-8,10-11H,3-5,9H2,1-2H3,(H,20,21)/t11-/m0/s1. The van der Waals surface area contributed by atoms with E-state index in [1.165, 1.54) is 13.0 Å². The van der Waals surface area contributed by atoms with Crippen LogP contribution in [0, 0.1) is 0 Å². The molecule has 1 aromatic rings. The minimum absolute atomic E-state index is 0.162. The van der Waals surface area contributed by atoms with E-state index in [1.54, 1.807) is 0 Å². The molecule has 1 N–H and O–H groups in total. The van der Waals surface area contributed by atoms with Gasteiger partial charge in [-0.1, -0.05) is 25.8 Å². The first-order chi connectivity index (χ1) is 10.8. The normalized spacial score (nSPS) is 12.6. The van der Waals surface area contributed by atoms with E-state index in [1.807, 2.05) is 6.92 Å². The number of benzene rings is 1. The number of rotatable bonds is 7. The number of carbonyl (C=O) groups excluding carboxylic acids is 2. The highest BCUT2D eigenvalue weighted by molar-refractivity contribution is 5.96. The Morgan fingerprint density at radius 1 is 1.26 bits per heavy atom. The second-order valence-electron chi connectivity index (χ2n) is 5.15. The summed E-state index contributed by atoms with van der Waals surface area (Å²) >= 11 is 0. The van der Waals surface area contributed by atoms with Gasteiger partial charge in [0.05, 0.1) is 12.2 Å². The second kappa shape index (κ2) is 8.55. The summed E-state index contributed by atoms with van der Waals surface area (Å²) in [5, 5.41) is 2.33. The Morgan fingerprint density at radius 3 is 2.57 bits per heavy atom. The lowest BCUT2D eigenvalue weighted by Crippen LogP contribution is -2.39. The third kappa shape index (κ3) is 6.30. The van der Waals surface area contributed by atoms with Crippen LogP contribution in [0.15, 0.2) is 24.3 Å². The number of hydrogen-bond acceptors (Lipinski definition) is 3. The van der Waals surface area contributed by atoms with Crippen LogP contribution in [0.3, 0.4) is 0 Å². The van der Waals surface area contributed by atoms with Crippen LogP contribution in [-0.2, 0) is 15.7 Å². The fourth-order valence-electron chi connectivity index (χ4n) is 1.83. The Hall–Kier alpha value is -2.05. The summed E-state index contributed by atoms with van der Waals surface area (Å²) in [5.41, 5.74) is -1.08. The third-order valence-electron chi connectivity index (χ3n) is 3.15. The number of carbonyl (C=O) groups is 2. The molecule has 0 saturated carbocycles. The lowest BCUT2D eigenvalue weighted by molar-refractivity contribution is -0.145. The van der Waals surface area contributed by atoms with E-state index in [2.05, 4.69) is 5.32 Å². The molecule has 0 bridgehead atoms. The summed E-state index contributed by atoms with van der Waals surface area (Å²) in [6, 6.07) is 3.09. The molecule has 0 spiro atoms. The van der Waals surface area contributed by atoms with Gasteiger partial charge < -0.3 is 10.1 Å². The molecule has 1 amide bonds. The Kier molecular flexibility index (Phi) is 7.06. The summed E-state index contributed by atoms with van der Waals surface area (Å²) in [4.78, 5) is 23.6. The first-order valence-corrected chi connectivity index (χ1v) is 7.40. The molecule has 1 rings (SSSR count). The van der Waals surface area contributed by atoms with Gasteiger partial charge in [0.1, 0.15) is 6.04 Å². The maximum Gasteiger partial charge on any atom is 0.416 e. The first-order valence-electron chi connectivity index (χ1n) is 7.40. The van der Waals surface area contributed by atoms with Crippen LogP contribution in [0.4, 0.5) is 13.2 Å². The number of ether oxygens (including phenoxy) is 1. The van der Waals surface area contributed by atoms with Crippen molar-refractivity contribution in [3.05, 3.63) is 35.4 Å². The van der Waals surface area contributed by atoms with Crippen LogP contribution >= 0.6 is 0 Å². The summed E-state index contributed by atoms with van der Waals surface area (Å²) in [6.07, 6.45) is -1.88. The number of amides is 1. The molecule has 0 aliphatic carbocycles. The molecule has 0 unspecified atom stereocenters. The van der Waals surface area contributed by atoms with Crippen molar-refractivity contribution in [2.75, 3.05) is 6.61 Å². The molecule has 0 radical (unpaired) electrons. The molecular weight excluding hydrogens is 311 g/mol. The minimum atomic E-state index is -4.53. The lowest BCUT2D eigenvalue weighted by atomic mass is 10.1. The molecule has 0 saturated heterocycles. The lowest BCUT2D eigenvalue weighted by Gasteiger charge is -2.14. The van der Waals surface area contributed by atoms with E-state index < -0.39 is 29.7 Å². The molecule has 4 nitrogen and oxygen atoms in total. The van der Waals surface area contributed by atoms with Crippen LogP contribution < -0.4 is 5.32 Å². The van der Waals surface area contributed by atoms with Crippen LogP contribution in [0.5, 0.6) is 0 Å². The number of unbranched alkanes of at least 4 members (excludes halogenated alkanes) is 2. The highest BCUT2D eigenvalue weighted by Gasteiger charge is 2.31. The van der Waals surface area contributed by atoms with Gasteiger partial charge in [-0.05, 0) is 31.5 Å². The SMILES string of the molecule is CCCCCOC(=O)[C@H](C)NC(=O)c1cccc(C(F)(F)F)c1. The first kappa shape index (κ1) is 19.0. The molecule has 0 heterocycles. The Morgan fingerprint density at radius 2 is 1.96 bits per heavy atom. The van der Waals surface area contributed by atoms with Gasteiger partial charge >= 0.3 is 12.1 Å². The van der Waals surface area contributed by atoms with Crippen LogP contribution in [-0.4, -0.2) is 24.5 Å². The van der Waals surface area contributed by atoms with Crippen molar-refractivity contribution in [3.63, 3.8) is 0 Å². The van der Waals surface area contributed by atoms with E-state index in [0.29, 0.717) is 0 Å². The van der Waals surface area contributed by atoms with Gasteiger partial charge in [-0.15, -0.1) is 0 Å². The zero-order valence-electron chi connectivity index (χ0n) is 13.1. The monoisotopic (exact) mass is 331 g/mol. The van der Waals surface area contributed by atoms with E-state index in [9.17, 15) is 22.8 Å². The van der Waals surface area contributed by atoms with Crippen molar-refractivity contribution in [2.45, 2.75) is 45.3 Å². The van der Waals surface area contributed by atoms with Crippen LogP contribution in [0.2, 0.25) is 0 Å². The number of nitrogens with one attached hydrogen (secondary N) is 1. The van der Waals surface area contributed by atoms with Crippen LogP contribution in [0.25, 0.3) is 0 Å². The summed E-state index contributed by atoms with van der Waals surface area (Å²) in [6.45, 7) is 3.70. The Bertz CT molecular complexity index is 544. The van der Waals surface area contributed by atoms with Crippen molar-refractivity contribution in [1.82, 2.24) is 5.32 Å². The largest absolute Gasteiger partial charge is 0.464 e. The molecule has 1 aromatic carbocycles. The van der Waals surface area contributed by atoms with Gasteiger partial charge in [-0.3, -0.25) is 4.79 Å². The number of esters is 1. The second-order valence-corrected chi connectivity index (χ2v) is 5.15. The van der Waals surface area contributed by atoms with Crippen molar-refractivity contribution < 1.29 is 27.5 Å². The predicted octanol–water partition coefficient (Wildman–Crippen LogP) is 3.56. The highest BCUT2D eigenvalue weighted by atomic mass is 19.4. The van der Waals surface area contributed by atoms with Crippen molar-refractivity contribution in [2.24, 2.45) is 0 Å². The molecule has 23 heavy (non-hydrogen) atoms. The average molecular weight is 331 g/mol. The van der Waals surface area contributed by atoms with Gasteiger partial charge in [0.2, 0.25) is 0 Å². The smallest absolute Gasteiger partial charge is 0.416 e. The van der Waals surface area contributed by atoms with Gasteiger partial charge in [0.25, 0.3) is 5.91 Å². The van der Waals surface area contributed by atoms with Crippen molar-refractivity contribution in [3.8, 4) is 0 Å². The highest BCUT2D eigenvalue weighted by Crippen LogP contribution is 2.29. The third-order valence-corrected chi connectivity index (χ3v) is 3.15. The van der Waals surface area contributed by atoms with Gasteiger partial charge in [0, 0.05) is 5.56 Å². The minimum Gasteiger partial charge on any atom is -0.464 e. The van der Waals surface area contributed by atoms with E-state index in [-0.39, 0.29) is 12.2 Å². The molecule has 7 heteroatoms. The topological polar surface area (TPSA) is 55.4 Å².